The summed E-state index contributed by atoms with van der Waals surface area (Å²) in [6, 6.07) is 13.5. The first-order valence-electron chi connectivity index (χ1n) is 7.36. The number of likely N-dealkylation sites (N-methyl/N-ethyl adjacent to an activating group) is 1. The zero-order valence-corrected chi connectivity index (χ0v) is 14.4. The van der Waals surface area contributed by atoms with Crippen LogP contribution >= 0.6 is 0 Å². The molecule has 0 atom stereocenters. The number of nitrogens with zero attached hydrogens (tertiary/aromatic N) is 1. The van der Waals surface area contributed by atoms with Crippen LogP contribution in [0.4, 0.5) is 0 Å². The minimum atomic E-state index is -3.80. The van der Waals surface area contributed by atoms with Crippen molar-refractivity contribution in [3.8, 4) is 0 Å². The molecule has 1 aliphatic rings. The van der Waals surface area contributed by atoms with E-state index in [1.807, 2.05) is 19.1 Å². The molecule has 0 aliphatic carbocycles. The van der Waals surface area contributed by atoms with Crippen LogP contribution in [-0.4, -0.2) is 32.7 Å². The lowest BCUT2D eigenvalue weighted by Gasteiger charge is -2.29. The number of aryl methyl sites for hydroxylation is 1. The topological polar surface area (TPSA) is 63.7 Å². The summed E-state index contributed by atoms with van der Waals surface area (Å²) >= 11 is 0. The maximum atomic E-state index is 12.9. The van der Waals surface area contributed by atoms with Crippen molar-refractivity contribution in [1.29, 1.82) is 0 Å². The van der Waals surface area contributed by atoms with E-state index in [1.54, 1.807) is 30.3 Å². The Kier molecular flexibility index (Phi) is 3.93. The molecule has 2 aromatic carbocycles. The van der Waals surface area contributed by atoms with Gasteiger partial charge in [0.05, 0.1) is 12.0 Å². The van der Waals surface area contributed by atoms with Gasteiger partial charge in [-0.25, -0.2) is 8.42 Å². The van der Waals surface area contributed by atoms with E-state index in [0.29, 0.717) is 11.1 Å². The summed E-state index contributed by atoms with van der Waals surface area (Å²) in [6.45, 7) is 1.92. The summed E-state index contributed by atoms with van der Waals surface area (Å²) < 4.78 is 31.9. The number of Topliss-reactive ketones (excluding diaryl/α,β-unsaturated/α-hetero) is 1. The highest BCUT2D eigenvalue weighted by molar-refractivity contribution is 7.89. The lowest BCUT2D eigenvalue weighted by molar-refractivity contribution is 0.101. The van der Waals surface area contributed by atoms with Crippen molar-refractivity contribution in [2.24, 2.45) is 0 Å². The Labute approximate surface area is 141 Å². The zero-order chi connectivity index (χ0) is 17.5. The number of methoxy groups -OCH3 is 1. The molecule has 0 amide bonds. The second-order valence-corrected chi connectivity index (χ2v) is 7.48. The molecule has 0 fully saturated rings. The van der Waals surface area contributed by atoms with E-state index >= 15 is 0 Å². The summed E-state index contributed by atoms with van der Waals surface area (Å²) in [5.41, 5.74) is 1.84. The predicted octanol–water partition coefficient (Wildman–Crippen LogP) is 2.83. The molecule has 0 radical (unpaired) electrons. The largest absolute Gasteiger partial charge is 0.494 e. The van der Waals surface area contributed by atoms with Gasteiger partial charge < -0.3 is 4.74 Å². The molecule has 0 aromatic heterocycles. The van der Waals surface area contributed by atoms with Gasteiger partial charge >= 0.3 is 0 Å². The molecule has 0 saturated carbocycles. The number of carbonyl (C=O) groups is 1. The van der Waals surface area contributed by atoms with Crippen LogP contribution in [0.25, 0.3) is 5.76 Å². The van der Waals surface area contributed by atoms with E-state index in [9.17, 15) is 13.2 Å². The molecule has 6 heteroatoms. The highest BCUT2D eigenvalue weighted by atomic mass is 32.2. The molecule has 124 valence electrons. The van der Waals surface area contributed by atoms with Crippen molar-refractivity contribution in [2.75, 3.05) is 14.2 Å². The van der Waals surface area contributed by atoms with Gasteiger partial charge in [0.15, 0.2) is 5.76 Å². The van der Waals surface area contributed by atoms with Crippen molar-refractivity contribution in [3.63, 3.8) is 0 Å². The number of ether oxygens (including phenoxy) is 1. The average molecular weight is 343 g/mol. The fourth-order valence-corrected chi connectivity index (χ4v) is 4.10. The van der Waals surface area contributed by atoms with E-state index < -0.39 is 15.8 Å². The Morgan fingerprint density at radius 2 is 1.67 bits per heavy atom. The molecular formula is C18H17NO4S. The van der Waals surface area contributed by atoms with E-state index in [-0.39, 0.29) is 16.4 Å². The van der Waals surface area contributed by atoms with Crippen LogP contribution in [0.5, 0.6) is 0 Å². The number of ketones is 1. The van der Waals surface area contributed by atoms with E-state index in [4.69, 9.17) is 4.74 Å². The second kappa shape index (κ2) is 5.79. The fraction of sp³-hybridized carbons (Fsp3) is 0.167. The maximum absolute atomic E-state index is 12.9. The van der Waals surface area contributed by atoms with Crippen molar-refractivity contribution < 1.29 is 17.9 Å². The van der Waals surface area contributed by atoms with Gasteiger partial charge in [-0.15, -0.1) is 0 Å². The third kappa shape index (κ3) is 2.39. The smallest absolute Gasteiger partial charge is 0.265 e. The van der Waals surface area contributed by atoms with Crippen LogP contribution in [0, 0.1) is 6.92 Å². The molecular weight excluding hydrogens is 326 g/mol. The van der Waals surface area contributed by atoms with Gasteiger partial charge in [0.25, 0.3) is 10.0 Å². The summed E-state index contributed by atoms with van der Waals surface area (Å²) in [5.74, 6) is -0.138. The lowest BCUT2D eigenvalue weighted by atomic mass is 10.0. The predicted molar refractivity (Wildman–Crippen MR) is 90.8 cm³/mol. The molecule has 3 rings (SSSR count). The molecule has 1 aliphatic heterocycles. The van der Waals surface area contributed by atoms with Crippen LogP contribution in [0.3, 0.4) is 0 Å². The van der Waals surface area contributed by atoms with Crippen LogP contribution in [-0.2, 0) is 14.8 Å². The van der Waals surface area contributed by atoms with Gasteiger partial charge in [-0.2, -0.15) is 0 Å². The highest BCUT2D eigenvalue weighted by Crippen LogP contribution is 2.37. The Morgan fingerprint density at radius 1 is 1.04 bits per heavy atom. The van der Waals surface area contributed by atoms with Gasteiger partial charge in [-0.05, 0) is 19.1 Å². The molecule has 1 heterocycles. The number of hydrogen-bond donors (Lipinski definition) is 0. The van der Waals surface area contributed by atoms with Gasteiger partial charge in [0, 0.05) is 18.2 Å². The Balaban J connectivity index is 2.26. The number of sulfonamides is 1. The molecule has 0 N–H and O–H groups in total. The van der Waals surface area contributed by atoms with Gasteiger partial charge in [-0.1, -0.05) is 42.0 Å². The van der Waals surface area contributed by atoms with Crippen molar-refractivity contribution in [2.45, 2.75) is 11.8 Å². The highest BCUT2D eigenvalue weighted by Gasteiger charge is 2.38. The van der Waals surface area contributed by atoms with Crippen molar-refractivity contribution in [3.05, 3.63) is 70.9 Å². The molecule has 0 saturated heterocycles. The lowest BCUT2D eigenvalue weighted by Crippen LogP contribution is -2.35. The summed E-state index contributed by atoms with van der Waals surface area (Å²) in [5, 5.41) is 0. The maximum Gasteiger partial charge on any atom is 0.265 e. The SMILES string of the molecule is COC1=C(C(=O)c2ccc(C)cc2)N(C)S(=O)(=O)c2ccccc21. The molecule has 0 unspecified atom stereocenters. The Hall–Kier alpha value is -2.60. The molecule has 24 heavy (non-hydrogen) atoms. The van der Waals surface area contributed by atoms with Crippen molar-refractivity contribution in [1.82, 2.24) is 4.31 Å². The fourth-order valence-electron chi connectivity index (χ4n) is 2.71. The number of benzene rings is 2. The van der Waals surface area contributed by atoms with Crippen molar-refractivity contribution >= 4 is 21.6 Å². The van der Waals surface area contributed by atoms with Gasteiger partial charge in [-0.3, -0.25) is 9.10 Å². The summed E-state index contributed by atoms with van der Waals surface area (Å²) in [7, 11) is -1.00. The summed E-state index contributed by atoms with van der Waals surface area (Å²) in [4.78, 5) is 13.1. The number of carbonyl (C=O) groups excluding carboxylic acids is 1. The first kappa shape index (κ1) is 16.3. The van der Waals surface area contributed by atoms with Crippen LogP contribution in [0.2, 0.25) is 0 Å². The van der Waals surface area contributed by atoms with E-state index in [2.05, 4.69) is 0 Å². The normalized spacial score (nSPS) is 15.9. The van der Waals surface area contributed by atoms with E-state index in [1.165, 1.54) is 20.2 Å². The second-order valence-electron chi connectivity index (χ2n) is 5.55. The third-order valence-corrected chi connectivity index (χ3v) is 5.85. The minimum absolute atomic E-state index is 0.0139. The number of rotatable bonds is 3. The first-order valence-corrected chi connectivity index (χ1v) is 8.80. The quantitative estimate of drug-likeness (QED) is 0.804. The number of fused-ring (bicyclic) bond motifs is 1. The molecule has 2 aromatic rings. The molecule has 0 spiro atoms. The monoisotopic (exact) mass is 343 g/mol. The van der Waals surface area contributed by atoms with Gasteiger partial charge in [0.2, 0.25) is 5.78 Å². The standard InChI is InChI=1S/C18H17NO4S/c1-12-8-10-13(11-9-12)17(20)16-18(23-3)14-6-4-5-7-15(14)24(21,22)19(16)2/h4-11H,1-3H3. The number of allylic oxidation sites excluding steroid dienone is 1. The van der Waals surface area contributed by atoms with Crippen LogP contribution in [0.15, 0.2) is 59.1 Å². The van der Waals surface area contributed by atoms with Crippen LogP contribution in [0.1, 0.15) is 21.5 Å². The first-order chi connectivity index (χ1) is 11.4. The Bertz CT molecular complexity index is 943. The number of hydrogen-bond acceptors (Lipinski definition) is 4. The average Bonchev–Trinajstić information content (AvgIpc) is 2.58. The van der Waals surface area contributed by atoms with Gasteiger partial charge in [0.1, 0.15) is 5.70 Å². The molecule has 5 nitrogen and oxygen atoms in total. The van der Waals surface area contributed by atoms with Crippen LogP contribution < -0.4 is 0 Å². The van der Waals surface area contributed by atoms with E-state index in [0.717, 1.165) is 9.87 Å². The Morgan fingerprint density at radius 3 is 2.29 bits per heavy atom. The molecule has 0 bridgehead atoms. The summed E-state index contributed by atoms with van der Waals surface area (Å²) in [6.07, 6.45) is 0. The third-order valence-electron chi connectivity index (χ3n) is 4.03. The minimum Gasteiger partial charge on any atom is -0.494 e. The zero-order valence-electron chi connectivity index (χ0n) is 13.6.